The quantitative estimate of drug-likeness (QED) is 0.709. The highest BCUT2D eigenvalue weighted by Gasteiger charge is 2.21. The van der Waals surface area contributed by atoms with Crippen LogP contribution in [0.2, 0.25) is 0 Å². The minimum atomic E-state index is -3.73. The van der Waals surface area contributed by atoms with Crippen molar-refractivity contribution in [3.05, 3.63) is 41.6 Å². The van der Waals surface area contributed by atoms with Crippen molar-refractivity contribution in [2.75, 3.05) is 6.54 Å². The topological polar surface area (TPSA) is 114 Å². The molecule has 23 heavy (non-hydrogen) atoms. The minimum Gasteiger partial charge on any atom is -0.440 e. The molecular formula is C14H16N4O4S. The van der Waals surface area contributed by atoms with Gasteiger partial charge in [-0.15, -0.1) is 0 Å². The Morgan fingerprint density at radius 2 is 2.13 bits per heavy atom. The van der Waals surface area contributed by atoms with Crippen molar-refractivity contribution >= 4 is 10.0 Å². The fourth-order valence-electron chi connectivity index (χ4n) is 2.04. The van der Waals surface area contributed by atoms with Gasteiger partial charge in [0.2, 0.25) is 10.9 Å². The van der Waals surface area contributed by atoms with Crippen LogP contribution in [0.25, 0.3) is 11.5 Å². The third kappa shape index (κ3) is 3.20. The van der Waals surface area contributed by atoms with Crippen LogP contribution >= 0.6 is 0 Å². The first kappa shape index (κ1) is 15.5. The zero-order valence-corrected chi connectivity index (χ0v) is 13.5. The van der Waals surface area contributed by atoms with Crippen LogP contribution in [0, 0.1) is 13.8 Å². The first-order chi connectivity index (χ1) is 11.0. The SMILES string of the molecule is Cc1noc(-c2ccc(S(=O)(=O)NCCc3ncc[nH]3)o2)c1C. The molecule has 122 valence electrons. The summed E-state index contributed by atoms with van der Waals surface area (Å²) in [6.45, 7) is 3.85. The van der Waals surface area contributed by atoms with Gasteiger partial charge in [-0.25, -0.2) is 18.1 Å². The predicted octanol–water partition coefficient (Wildman–Crippen LogP) is 1.80. The molecule has 0 radical (unpaired) electrons. The van der Waals surface area contributed by atoms with Gasteiger partial charge in [-0.3, -0.25) is 0 Å². The summed E-state index contributed by atoms with van der Waals surface area (Å²) in [7, 11) is -3.73. The molecule has 0 aromatic carbocycles. The van der Waals surface area contributed by atoms with Gasteiger partial charge in [-0.1, -0.05) is 5.16 Å². The number of nitrogens with one attached hydrogen (secondary N) is 2. The lowest BCUT2D eigenvalue weighted by Crippen LogP contribution is -2.25. The Balaban J connectivity index is 1.72. The normalized spacial score (nSPS) is 11.9. The maximum absolute atomic E-state index is 12.2. The van der Waals surface area contributed by atoms with Gasteiger partial charge in [0.1, 0.15) is 5.82 Å². The van der Waals surface area contributed by atoms with E-state index in [9.17, 15) is 8.42 Å². The van der Waals surface area contributed by atoms with Crippen molar-refractivity contribution < 1.29 is 17.4 Å². The van der Waals surface area contributed by atoms with Gasteiger partial charge in [-0.2, -0.15) is 0 Å². The van der Waals surface area contributed by atoms with Crippen LogP contribution in [-0.4, -0.2) is 30.1 Å². The van der Waals surface area contributed by atoms with Gasteiger partial charge in [0, 0.05) is 30.9 Å². The molecule has 0 saturated carbocycles. The summed E-state index contributed by atoms with van der Waals surface area (Å²) < 4.78 is 37.5. The van der Waals surface area contributed by atoms with Crippen LogP contribution in [0.15, 0.2) is 38.6 Å². The van der Waals surface area contributed by atoms with Gasteiger partial charge in [0.05, 0.1) is 5.69 Å². The third-order valence-corrected chi connectivity index (χ3v) is 4.77. The summed E-state index contributed by atoms with van der Waals surface area (Å²) in [5, 5.41) is 3.67. The van der Waals surface area contributed by atoms with E-state index < -0.39 is 10.0 Å². The van der Waals surface area contributed by atoms with Crippen molar-refractivity contribution in [2.24, 2.45) is 0 Å². The smallest absolute Gasteiger partial charge is 0.273 e. The highest BCUT2D eigenvalue weighted by atomic mass is 32.2. The van der Waals surface area contributed by atoms with Crippen LogP contribution in [0.3, 0.4) is 0 Å². The maximum atomic E-state index is 12.2. The number of nitrogens with zero attached hydrogens (tertiary/aromatic N) is 2. The van der Waals surface area contributed by atoms with Crippen LogP contribution in [0.5, 0.6) is 0 Å². The van der Waals surface area contributed by atoms with E-state index in [0.717, 1.165) is 11.3 Å². The molecular weight excluding hydrogens is 320 g/mol. The van der Waals surface area contributed by atoms with Crippen LogP contribution in [-0.2, 0) is 16.4 Å². The lowest BCUT2D eigenvalue weighted by Gasteiger charge is -2.02. The van der Waals surface area contributed by atoms with E-state index in [2.05, 4.69) is 19.8 Å². The molecule has 0 bridgehead atoms. The molecule has 9 heteroatoms. The van der Waals surface area contributed by atoms with Gasteiger partial charge in [0.25, 0.3) is 10.0 Å². The molecule has 8 nitrogen and oxygen atoms in total. The molecule has 0 unspecified atom stereocenters. The highest BCUT2D eigenvalue weighted by molar-refractivity contribution is 7.89. The van der Waals surface area contributed by atoms with Gasteiger partial charge >= 0.3 is 0 Å². The molecule has 0 aliphatic heterocycles. The molecule has 0 saturated heterocycles. The number of sulfonamides is 1. The second kappa shape index (κ2) is 6.01. The average molecular weight is 336 g/mol. The van der Waals surface area contributed by atoms with E-state index in [1.165, 1.54) is 6.07 Å². The first-order valence-electron chi connectivity index (χ1n) is 6.98. The summed E-state index contributed by atoms with van der Waals surface area (Å²) in [5.41, 5.74) is 1.55. The van der Waals surface area contributed by atoms with Crippen molar-refractivity contribution in [3.8, 4) is 11.5 Å². The summed E-state index contributed by atoms with van der Waals surface area (Å²) in [6.07, 6.45) is 3.76. The Morgan fingerprint density at radius 3 is 2.78 bits per heavy atom. The zero-order valence-electron chi connectivity index (χ0n) is 12.7. The summed E-state index contributed by atoms with van der Waals surface area (Å²) >= 11 is 0. The average Bonchev–Trinajstić information content (AvgIpc) is 3.22. The fraction of sp³-hybridized carbons (Fsp3) is 0.286. The van der Waals surface area contributed by atoms with E-state index in [1.54, 1.807) is 25.4 Å². The van der Waals surface area contributed by atoms with Crippen molar-refractivity contribution in [3.63, 3.8) is 0 Å². The van der Waals surface area contributed by atoms with Crippen LogP contribution in [0.1, 0.15) is 17.1 Å². The lowest BCUT2D eigenvalue weighted by molar-refractivity contribution is 0.397. The standard InChI is InChI=1S/C14H16N4O4S/c1-9-10(2)18-22-14(9)11-3-4-13(21-11)23(19,20)17-6-5-12-15-7-8-16-12/h3-4,7-8,17H,5-6H2,1-2H3,(H,15,16). The number of furan rings is 1. The Hall–Kier alpha value is -2.39. The molecule has 3 aromatic rings. The Labute approximate surface area is 133 Å². The molecule has 0 aliphatic carbocycles. The number of hydrogen-bond acceptors (Lipinski definition) is 6. The Morgan fingerprint density at radius 1 is 1.30 bits per heavy atom. The summed E-state index contributed by atoms with van der Waals surface area (Å²) in [6, 6.07) is 2.94. The molecule has 3 rings (SSSR count). The molecule has 2 N–H and O–H groups in total. The monoisotopic (exact) mass is 336 g/mol. The van der Waals surface area contributed by atoms with Gasteiger partial charge in [0.15, 0.2) is 5.76 Å². The zero-order chi connectivity index (χ0) is 16.4. The highest BCUT2D eigenvalue weighted by Crippen LogP contribution is 2.28. The largest absolute Gasteiger partial charge is 0.440 e. The number of rotatable bonds is 6. The third-order valence-electron chi connectivity index (χ3n) is 3.44. The molecule has 0 aliphatic rings. The summed E-state index contributed by atoms with van der Waals surface area (Å²) in [4.78, 5) is 6.94. The lowest BCUT2D eigenvalue weighted by atomic mass is 10.2. The number of aromatic amines is 1. The number of imidazole rings is 1. The summed E-state index contributed by atoms with van der Waals surface area (Å²) in [5.74, 6) is 1.47. The van der Waals surface area contributed by atoms with Crippen LogP contribution in [0.4, 0.5) is 0 Å². The number of hydrogen-bond donors (Lipinski definition) is 2. The van der Waals surface area contributed by atoms with E-state index in [0.29, 0.717) is 23.8 Å². The van der Waals surface area contributed by atoms with Crippen LogP contribution < -0.4 is 4.72 Å². The first-order valence-corrected chi connectivity index (χ1v) is 8.46. The fourth-order valence-corrected chi connectivity index (χ4v) is 3.00. The Kier molecular flexibility index (Phi) is 4.05. The predicted molar refractivity (Wildman–Crippen MR) is 81.2 cm³/mol. The van der Waals surface area contributed by atoms with E-state index in [4.69, 9.17) is 8.94 Å². The second-order valence-electron chi connectivity index (χ2n) is 5.02. The molecule has 0 amide bonds. The van der Waals surface area contributed by atoms with Gasteiger partial charge < -0.3 is 13.9 Å². The van der Waals surface area contributed by atoms with Crippen molar-refractivity contribution in [2.45, 2.75) is 25.4 Å². The van der Waals surface area contributed by atoms with Crippen molar-refractivity contribution in [1.29, 1.82) is 0 Å². The minimum absolute atomic E-state index is 0.166. The van der Waals surface area contributed by atoms with E-state index >= 15 is 0 Å². The second-order valence-corrected chi connectivity index (χ2v) is 6.72. The molecule has 0 fully saturated rings. The Bertz CT molecular complexity index is 893. The number of H-pyrrole nitrogens is 1. The number of aryl methyl sites for hydroxylation is 1. The van der Waals surface area contributed by atoms with Crippen molar-refractivity contribution in [1.82, 2.24) is 19.8 Å². The molecule has 0 spiro atoms. The van der Waals surface area contributed by atoms with Gasteiger partial charge in [-0.05, 0) is 26.0 Å². The number of aromatic nitrogens is 3. The van der Waals surface area contributed by atoms with E-state index in [1.807, 2.05) is 6.92 Å². The molecule has 0 atom stereocenters. The molecule has 3 heterocycles. The maximum Gasteiger partial charge on any atom is 0.273 e. The van der Waals surface area contributed by atoms with E-state index in [-0.39, 0.29) is 11.6 Å². The molecule has 3 aromatic heterocycles.